The fraction of sp³-hybridized carbons (Fsp3) is 0.556. The Labute approximate surface area is 148 Å². The second kappa shape index (κ2) is 7.74. The van der Waals surface area contributed by atoms with Crippen molar-refractivity contribution < 1.29 is 9.53 Å². The van der Waals surface area contributed by atoms with Crippen molar-refractivity contribution in [3.63, 3.8) is 0 Å². The highest BCUT2D eigenvalue weighted by atomic mass is 16.5. The number of piperidine rings is 1. The number of carbonyl (C=O) groups excluding carboxylic acids is 1. The molecular weight excluding hydrogens is 318 g/mol. The highest BCUT2D eigenvalue weighted by molar-refractivity contribution is 5.76. The van der Waals surface area contributed by atoms with Gasteiger partial charge in [-0.15, -0.1) is 0 Å². The number of aromatic nitrogens is 4. The SMILES string of the molecule is COCCC(=O)N1CCCC(c2nc(C)cc(-c3nccn3C)n2)C1. The Bertz CT molecular complexity index is 743. The highest BCUT2D eigenvalue weighted by Crippen LogP contribution is 2.27. The van der Waals surface area contributed by atoms with Crippen LogP contribution >= 0.6 is 0 Å². The number of amides is 1. The summed E-state index contributed by atoms with van der Waals surface area (Å²) in [6.07, 6.45) is 6.07. The zero-order valence-corrected chi connectivity index (χ0v) is 15.1. The minimum absolute atomic E-state index is 0.142. The predicted molar refractivity (Wildman–Crippen MR) is 94.0 cm³/mol. The molecule has 1 aliphatic heterocycles. The number of hydrogen-bond donors (Lipinski definition) is 0. The standard InChI is InChI=1S/C18H25N5O2/c1-13-11-15(18-19-7-9-22(18)2)21-17(20-13)14-5-4-8-23(12-14)16(24)6-10-25-3/h7,9,11,14H,4-6,8,10,12H2,1-3H3. The van der Waals surface area contributed by atoms with Crippen LogP contribution in [-0.2, 0) is 16.6 Å². The van der Waals surface area contributed by atoms with E-state index >= 15 is 0 Å². The van der Waals surface area contributed by atoms with Crippen LogP contribution in [0, 0.1) is 6.92 Å². The van der Waals surface area contributed by atoms with E-state index in [1.165, 1.54) is 0 Å². The molecule has 0 aromatic carbocycles. The van der Waals surface area contributed by atoms with Gasteiger partial charge in [0.2, 0.25) is 5.91 Å². The Balaban J connectivity index is 1.80. The molecule has 1 atom stereocenters. The summed E-state index contributed by atoms with van der Waals surface area (Å²) in [5.74, 6) is 1.94. The summed E-state index contributed by atoms with van der Waals surface area (Å²) >= 11 is 0. The van der Waals surface area contributed by atoms with Crippen LogP contribution in [0.2, 0.25) is 0 Å². The first-order valence-corrected chi connectivity index (χ1v) is 8.68. The van der Waals surface area contributed by atoms with Gasteiger partial charge >= 0.3 is 0 Å². The van der Waals surface area contributed by atoms with Gasteiger partial charge < -0.3 is 14.2 Å². The molecule has 7 heteroatoms. The van der Waals surface area contributed by atoms with Gasteiger partial charge in [-0.2, -0.15) is 0 Å². The van der Waals surface area contributed by atoms with Gasteiger partial charge in [0, 0.05) is 51.3 Å². The number of aryl methyl sites for hydroxylation is 2. The van der Waals surface area contributed by atoms with E-state index in [1.54, 1.807) is 13.3 Å². The van der Waals surface area contributed by atoms with Crippen LogP contribution in [-0.4, -0.2) is 57.1 Å². The summed E-state index contributed by atoms with van der Waals surface area (Å²) in [7, 11) is 3.57. The molecular formula is C18H25N5O2. The summed E-state index contributed by atoms with van der Waals surface area (Å²) < 4.78 is 6.97. The zero-order valence-electron chi connectivity index (χ0n) is 15.1. The van der Waals surface area contributed by atoms with Crippen molar-refractivity contribution in [2.24, 2.45) is 7.05 Å². The van der Waals surface area contributed by atoms with E-state index in [1.807, 2.05) is 35.7 Å². The average molecular weight is 343 g/mol. The van der Waals surface area contributed by atoms with Crippen LogP contribution in [0.5, 0.6) is 0 Å². The molecule has 0 N–H and O–H groups in total. The zero-order chi connectivity index (χ0) is 17.8. The topological polar surface area (TPSA) is 73.1 Å². The van der Waals surface area contributed by atoms with Gasteiger partial charge in [-0.3, -0.25) is 4.79 Å². The van der Waals surface area contributed by atoms with Crippen molar-refractivity contribution in [1.82, 2.24) is 24.4 Å². The third-order valence-electron chi connectivity index (χ3n) is 4.58. The van der Waals surface area contributed by atoms with Crippen molar-refractivity contribution in [2.75, 3.05) is 26.8 Å². The maximum atomic E-state index is 12.3. The van der Waals surface area contributed by atoms with Crippen molar-refractivity contribution in [3.8, 4) is 11.5 Å². The van der Waals surface area contributed by atoms with E-state index < -0.39 is 0 Å². The first kappa shape index (κ1) is 17.5. The van der Waals surface area contributed by atoms with Crippen LogP contribution in [0.15, 0.2) is 18.5 Å². The Morgan fingerprint density at radius 2 is 2.24 bits per heavy atom. The van der Waals surface area contributed by atoms with Gasteiger partial charge in [0.15, 0.2) is 5.82 Å². The first-order chi connectivity index (χ1) is 12.1. The fourth-order valence-corrected chi connectivity index (χ4v) is 3.26. The van der Waals surface area contributed by atoms with E-state index in [4.69, 9.17) is 9.72 Å². The largest absolute Gasteiger partial charge is 0.384 e. The number of ether oxygens (including phenoxy) is 1. The van der Waals surface area contributed by atoms with Crippen LogP contribution < -0.4 is 0 Å². The molecule has 1 saturated heterocycles. The molecule has 2 aromatic heterocycles. The monoisotopic (exact) mass is 343 g/mol. The van der Waals surface area contributed by atoms with E-state index in [9.17, 15) is 4.79 Å². The molecule has 0 aliphatic carbocycles. The lowest BCUT2D eigenvalue weighted by Gasteiger charge is -2.32. The summed E-state index contributed by atoms with van der Waals surface area (Å²) in [5.41, 5.74) is 1.75. The molecule has 1 fully saturated rings. The van der Waals surface area contributed by atoms with Gasteiger partial charge in [0.25, 0.3) is 0 Å². The van der Waals surface area contributed by atoms with Crippen molar-refractivity contribution in [1.29, 1.82) is 0 Å². The lowest BCUT2D eigenvalue weighted by Crippen LogP contribution is -2.40. The quantitative estimate of drug-likeness (QED) is 0.829. The Hall–Kier alpha value is -2.28. The average Bonchev–Trinajstić information content (AvgIpc) is 3.05. The molecule has 134 valence electrons. The molecule has 0 saturated carbocycles. The molecule has 25 heavy (non-hydrogen) atoms. The lowest BCUT2D eigenvalue weighted by atomic mass is 9.96. The van der Waals surface area contributed by atoms with Crippen LogP contribution in [0.1, 0.15) is 36.7 Å². The van der Waals surface area contributed by atoms with E-state index in [-0.39, 0.29) is 11.8 Å². The molecule has 0 spiro atoms. The summed E-state index contributed by atoms with van der Waals surface area (Å²) in [6.45, 7) is 3.91. The first-order valence-electron chi connectivity index (χ1n) is 8.68. The van der Waals surface area contributed by atoms with Crippen LogP contribution in [0.25, 0.3) is 11.5 Å². The summed E-state index contributed by atoms with van der Waals surface area (Å²) in [5, 5.41) is 0. The molecule has 3 rings (SSSR count). The van der Waals surface area contributed by atoms with E-state index in [0.717, 1.165) is 42.4 Å². The van der Waals surface area contributed by atoms with Gasteiger partial charge in [-0.1, -0.05) is 0 Å². The molecule has 1 unspecified atom stereocenters. The molecule has 1 amide bonds. The van der Waals surface area contributed by atoms with Crippen LogP contribution in [0.4, 0.5) is 0 Å². The van der Waals surface area contributed by atoms with Gasteiger partial charge in [0.1, 0.15) is 11.5 Å². The van der Waals surface area contributed by atoms with Crippen molar-refractivity contribution >= 4 is 5.91 Å². The number of likely N-dealkylation sites (tertiary alicyclic amines) is 1. The number of imidazole rings is 1. The molecule has 0 radical (unpaired) electrons. The molecule has 0 bridgehead atoms. The number of carbonyl (C=O) groups is 1. The number of hydrogen-bond acceptors (Lipinski definition) is 5. The predicted octanol–water partition coefficient (Wildman–Crippen LogP) is 1.93. The highest BCUT2D eigenvalue weighted by Gasteiger charge is 2.27. The number of methoxy groups -OCH3 is 1. The van der Waals surface area contributed by atoms with Crippen molar-refractivity contribution in [3.05, 3.63) is 30.0 Å². The molecule has 1 aliphatic rings. The maximum absolute atomic E-state index is 12.3. The lowest BCUT2D eigenvalue weighted by molar-refractivity contribution is -0.133. The second-order valence-corrected chi connectivity index (χ2v) is 6.54. The smallest absolute Gasteiger partial charge is 0.224 e. The third kappa shape index (κ3) is 4.04. The normalized spacial score (nSPS) is 17.7. The molecule has 3 heterocycles. The summed E-state index contributed by atoms with van der Waals surface area (Å²) in [6, 6.07) is 1.95. The summed E-state index contributed by atoms with van der Waals surface area (Å²) in [4.78, 5) is 28.0. The minimum atomic E-state index is 0.142. The Kier molecular flexibility index (Phi) is 5.43. The Morgan fingerprint density at radius 1 is 1.40 bits per heavy atom. The second-order valence-electron chi connectivity index (χ2n) is 6.54. The van der Waals surface area contributed by atoms with Crippen molar-refractivity contribution in [2.45, 2.75) is 32.1 Å². The third-order valence-corrected chi connectivity index (χ3v) is 4.58. The van der Waals surface area contributed by atoms with E-state index in [0.29, 0.717) is 19.6 Å². The fourth-order valence-electron chi connectivity index (χ4n) is 3.26. The molecule has 2 aromatic rings. The number of nitrogens with zero attached hydrogens (tertiary/aromatic N) is 5. The minimum Gasteiger partial charge on any atom is -0.384 e. The van der Waals surface area contributed by atoms with E-state index in [2.05, 4.69) is 9.97 Å². The maximum Gasteiger partial charge on any atom is 0.224 e. The van der Waals surface area contributed by atoms with Gasteiger partial charge in [-0.05, 0) is 25.8 Å². The molecule has 7 nitrogen and oxygen atoms in total. The van der Waals surface area contributed by atoms with Gasteiger partial charge in [-0.25, -0.2) is 15.0 Å². The Morgan fingerprint density at radius 3 is 2.96 bits per heavy atom. The van der Waals surface area contributed by atoms with Crippen LogP contribution in [0.3, 0.4) is 0 Å². The number of rotatable bonds is 5. The van der Waals surface area contributed by atoms with Gasteiger partial charge in [0.05, 0.1) is 13.0 Å².